The maximum Gasteiger partial charge on any atom is 0.118 e. The molecule has 1 aliphatic heterocycles. The molecule has 1 aromatic heterocycles. The highest BCUT2D eigenvalue weighted by Crippen LogP contribution is 2.24. The van der Waals surface area contributed by atoms with Gasteiger partial charge in [0.05, 0.1) is 12.8 Å². The third kappa shape index (κ3) is 4.09. The zero-order chi connectivity index (χ0) is 14.5. The quantitative estimate of drug-likeness (QED) is 0.872. The fraction of sp³-hybridized carbons (Fsp3) is 0.765. The van der Waals surface area contributed by atoms with E-state index < -0.39 is 0 Å². The second kappa shape index (κ2) is 7.43. The van der Waals surface area contributed by atoms with Gasteiger partial charge in [-0.2, -0.15) is 0 Å². The average Bonchev–Trinajstić information content (AvgIpc) is 3.17. The maximum absolute atomic E-state index is 5.70. The average molecular weight is 291 g/mol. The SMILES string of the molecule is CCNCc1coc(CN2CCN(C3CCCC3)CC2)c1. The third-order valence-corrected chi connectivity index (χ3v) is 4.91. The van der Waals surface area contributed by atoms with Crippen molar-refractivity contribution in [2.45, 2.75) is 51.7 Å². The number of hydrogen-bond acceptors (Lipinski definition) is 4. The van der Waals surface area contributed by atoms with Crippen molar-refractivity contribution in [3.05, 3.63) is 23.7 Å². The molecule has 0 atom stereocenters. The summed E-state index contributed by atoms with van der Waals surface area (Å²) in [6.07, 6.45) is 7.61. The Balaban J connectivity index is 1.43. The van der Waals surface area contributed by atoms with Crippen LogP contribution < -0.4 is 5.32 Å². The van der Waals surface area contributed by atoms with Crippen molar-refractivity contribution in [3.8, 4) is 0 Å². The summed E-state index contributed by atoms with van der Waals surface area (Å²) in [6, 6.07) is 3.08. The summed E-state index contributed by atoms with van der Waals surface area (Å²) in [5, 5.41) is 3.34. The smallest absolute Gasteiger partial charge is 0.118 e. The molecule has 1 aliphatic carbocycles. The molecule has 1 saturated carbocycles. The van der Waals surface area contributed by atoms with E-state index >= 15 is 0 Å². The minimum atomic E-state index is 0.877. The van der Waals surface area contributed by atoms with E-state index in [0.717, 1.165) is 31.4 Å². The van der Waals surface area contributed by atoms with Gasteiger partial charge in [0.1, 0.15) is 5.76 Å². The van der Waals surface area contributed by atoms with Crippen molar-refractivity contribution in [2.75, 3.05) is 32.7 Å². The van der Waals surface area contributed by atoms with Crippen LogP contribution in [0, 0.1) is 0 Å². The molecular formula is C17H29N3O. The molecule has 0 aromatic carbocycles. The molecule has 3 rings (SSSR count). The van der Waals surface area contributed by atoms with Crippen molar-refractivity contribution in [3.63, 3.8) is 0 Å². The Labute approximate surface area is 128 Å². The second-order valence-corrected chi connectivity index (χ2v) is 6.45. The van der Waals surface area contributed by atoms with E-state index in [1.165, 1.54) is 57.4 Å². The van der Waals surface area contributed by atoms with Gasteiger partial charge < -0.3 is 9.73 Å². The first-order chi connectivity index (χ1) is 10.3. The van der Waals surface area contributed by atoms with E-state index in [2.05, 4.69) is 28.1 Å². The molecule has 21 heavy (non-hydrogen) atoms. The lowest BCUT2D eigenvalue weighted by Gasteiger charge is -2.37. The van der Waals surface area contributed by atoms with Crippen molar-refractivity contribution >= 4 is 0 Å². The summed E-state index contributed by atoms with van der Waals surface area (Å²) in [7, 11) is 0. The minimum Gasteiger partial charge on any atom is -0.468 e. The largest absolute Gasteiger partial charge is 0.468 e. The van der Waals surface area contributed by atoms with Crippen LogP contribution in [0.4, 0.5) is 0 Å². The van der Waals surface area contributed by atoms with Crippen LogP contribution in [0.25, 0.3) is 0 Å². The van der Waals surface area contributed by atoms with Crippen molar-refractivity contribution < 1.29 is 4.42 Å². The zero-order valence-electron chi connectivity index (χ0n) is 13.3. The summed E-state index contributed by atoms with van der Waals surface area (Å²) >= 11 is 0. The number of nitrogens with one attached hydrogen (secondary N) is 1. The Morgan fingerprint density at radius 2 is 1.95 bits per heavy atom. The third-order valence-electron chi connectivity index (χ3n) is 4.91. The van der Waals surface area contributed by atoms with Gasteiger partial charge in [-0.05, 0) is 25.5 Å². The van der Waals surface area contributed by atoms with Crippen LogP contribution in [-0.2, 0) is 13.1 Å². The van der Waals surface area contributed by atoms with Crippen LogP contribution in [0.15, 0.2) is 16.7 Å². The van der Waals surface area contributed by atoms with E-state index in [1.54, 1.807) is 0 Å². The first-order valence-corrected chi connectivity index (χ1v) is 8.58. The Bertz CT molecular complexity index is 417. The molecule has 4 nitrogen and oxygen atoms in total. The number of piperazine rings is 1. The van der Waals surface area contributed by atoms with E-state index in [9.17, 15) is 0 Å². The fourth-order valence-corrected chi connectivity index (χ4v) is 3.65. The van der Waals surface area contributed by atoms with Gasteiger partial charge in [-0.1, -0.05) is 19.8 Å². The van der Waals surface area contributed by atoms with Gasteiger partial charge in [0.2, 0.25) is 0 Å². The molecule has 1 N–H and O–H groups in total. The van der Waals surface area contributed by atoms with Crippen LogP contribution in [0.2, 0.25) is 0 Å². The molecule has 4 heteroatoms. The van der Waals surface area contributed by atoms with Gasteiger partial charge in [-0.3, -0.25) is 9.80 Å². The molecular weight excluding hydrogens is 262 g/mol. The normalized spacial score (nSPS) is 22.1. The van der Waals surface area contributed by atoms with Crippen molar-refractivity contribution in [1.29, 1.82) is 0 Å². The highest BCUT2D eigenvalue weighted by Gasteiger charge is 2.26. The molecule has 0 unspecified atom stereocenters. The monoisotopic (exact) mass is 291 g/mol. The summed E-state index contributed by atoms with van der Waals surface area (Å²) in [5.41, 5.74) is 1.26. The van der Waals surface area contributed by atoms with Crippen molar-refractivity contribution in [2.24, 2.45) is 0 Å². The van der Waals surface area contributed by atoms with E-state index in [-0.39, 0.29) is 0 Å². The fourth-order valence-electron chi connectivity index (χ4n) is 3.65. The Morgan fingerprint density at radius 1 is 1.19 bits per heavy atom. The van der Waals surface area contributed by atoms with Crippen LogP contribution in [0.1, 0.15) is 43.9 Å². The lowest BCUT2D eigenvalue weighted by Crippen LogP contribution is -2.49. The molecule has 1 aromatic rings. The predicted octanol–water partition coefficient (Wildman–Crippen LogP) is 2.45. The first kappa shape index (κ1) is 15.1. The van der Waals surface area contributed by atoms with Gasteiger partial charge in [0.15, 0.2) is 0 Å². The van der Waals surface area contributed by atoms with E-state index in [1.807, 2.05) is 6.26 Å². The lowest BCUT2D eigenvalue weighted by atomic mass is 10.2. The minimum absolute atomic E-state index is 0.877. The van der Waals surface area contributed by atoms with E-state index in [4.69, 9.17) is 4.42 Å². The summed E-state index contributed by atoms with van der Waals surface area (Å²) < 4.78 is 5.70. The molecule has 2 aliphatic rings. The predicted molar refractivity (Wildman–Crippen MR) is 85.2 cm³/mol. The molecule has 0 bridgehead atoms. The van der Waals surface area contributed by atoms with Gasteiger partial charge in [0.25, 0.3) is 0 Å². The first-order valence-electron chi connectivity index (χ1n) is 8.58. The summed E-state index contributed by atoms with van der Waals surface area (Å²) in [5.74, 6) is 1.11. The molecule has 0 radical (unpaired) electrons. The number of nitrogens with zero attached hydrogens (tertiary/aromatic N) is 2. The van der Waals surface area contributed by atoms with Crippen LogP contribution in [0.3, 0.4) is 0 Å². The Kier molecular flexibility index (Phi) is 5.33. The van der Waals surface area contributed by atoms with Crippen LogP contribution in [-0.4, -0.2) is 48.6 Å². The number of furan rings is 1. The second-order valence-electron chi connectivity index (χ2n) is 6.45. The Hall–Kier alpha value is -0.840. The topological polar surface area (TPSA) is 31.7 Å². The zero-order valence-corrected chi connectivity index (χ0v) is 13.3. The van der Waals surface area contributed by atoms with Crippen LogP contribution >= 0.6 is 0 Å². The molecule has 0 spiro atoms. The van der Waals surface area contributed by atoms with Gasteiger partial charge in [0, 0.05) is 44.3 Å². The van der Waals surface area contributed by atoms with Crippen molar-refractivity contribution in [1.82, 2.24) is 15.1 Å². The number of hydrogen-bond donors (Lipinski definition) is 1. The number of rotatable bonds is 6. The molecule has 1 saturated heterocycles. The highest BCUT2D eigenvalue weighted by molar-refractivity contribution is 5.12. The van der Waals surface area contributed by atoms with Gasteiger partial charge in [-0.25, -0.2) is 0 Å². The van der Waals surface area contributed by atoms with E-state index in [0.29, 0.717) is 0 Å². The molecule has 2 heterocycles. The highest BCUT2D eigenvalue weighted by atomic mass is 16.3. The van der Waals surface area contributed by atoms with Gasteiger partial charge >= 0.3 is 0 Å². The van der Waals surface area contributed by atoms with Crippen LogP contribution in [0.5, 0.6) is 0 Å². The maximum atomic E-state index is 5.70. The summed E-state index contributed by atoms with van der Waals surface area (Å²) in [6.45, 7) is 9.83. The molecule has 0 amide bonds. The Morgan fingerprint density at radius 3 is 2.67 bits per heavy atom. The molecule has 118 valence electrons. The molecule has 2 fully saturated rings. The lowest BCUT2D eigenvalue weighted by molar-refractivity contribution is 0.0894. The van der Waals surface area contributed by atoms with Gasteiger partial charge in [-0.15, -0.1) is 0 Å². The standard InChI is InChI=1S/C17H29N3O/c1-2-18-12-15-11-17(21-14-15)13-19-7-9-20(10-8-19)16-5-3-4-6-16/h11,14,16,18H,2-10,12-13H2,1H3. The summed E-state index contributed by atoms with van der Waals surface area (Å²) in [4.78, 5) is 5.24.